The Morgan fingerprint density at radius 1 is 1.67 bits per heavy atom. The first-order valence-electron chi connectivity index (χ1n) is 4.54. The van der Waals surface area contributed by atoms with Crippen molar-refractivity contribution in [3.05, 3.63) is 29.6 Å². The van der Waals surface area contributed by atoms with E-state index in [0.717, 1.165) is 6.07 Å². The number of halogens is 1. The van der Waals surface area contributed by atoms with E-state index in [-0.39, 0.29) is 17.3 Å². The van der Waals surface area contributed by atoms with Crippen LogP contribution < -0.4 is 11.1 Å². The summed E-state index contributed by atoms with van der Waals surface area (Å²) < 4.78 is 13.2. The van der Waals surface area contributed by atoms with Crippen molar-refractivity contribution in [1.82, 2.24) is 0 Å². The molecule has 4 nitrogen and oxygen atoms in total. The minimum Gasteiger partial charge on any atom is -0.478 e. The molecule has 0 fully saturated rings. The molecule has 0 amide bonds. The van der Waals surface area contributed by atoms with E-state index >= 15 is 0 Å². The molecule has 82 valence electrons. The maximum atomic E-state index is 13.2. The Kier molecular flexibility index (Phi) is 3.62. The minimum atomic E-state index is -1.08. The van der Waals surface area contributed by atoms with E-state index in [2.05, 4.69) is 5.32 Å². The van der Waals surface area contributed by atoms with Crippen molar-refractivity contribution in [1.29, 1.82) is 0 Å². The highest BCUT2D eigenvalue weighted by atomic mass is 19.1. The molecule has 0 aliphatic heterocycles. The van der Waals surface area contributed by atoms with Crippen molar-refractivity contribution in [2.45, 2.75) is 13.0 Å². The Balaban J connectivity index is 2.95. The van der Waals surface area contributed by atoms with Crippen LogP contribution in [0.4, 0.5) is 10.1 Å². The van der Waals surface area contributed by atoms with Crippen LogP contribution in [-0.4, -0.2) is 23.7 Å². The van der Waals surface area contributed by atoms with Crippen molar-refractivity contribution < 1.29 is 14.3 Å². The highest BCUT2D eigenvalue weighted by Gasteiger charge is 2.09. The molecular formula is C10H13FN2O2. The number of rotatable bonds is 4. The average Bonchev–Trinajstić information content (AvgIpc) is 2.20. The summed E-state index contributed by atoms with van der Waals surface area (Å²) in [7, 11) is 0. The fraction of sp³-hybridized carbons (Fsp3) is 0.300. The number of carboxylic acids is 1. The van der Waals surface area contributed by atoms with Gasteiger partial charge < -0.3 is 16.2 Å². The van der Waals surface area contributed by atoms with E-state index in [1.165, 1.54) is 12.1 Å². The highest BCUT2D eigenvalue weighted by molar-refractivity contribution is 5.88. The van der Waals surface area contributed by atoms with Gasteiger partial charge in [-0.3, -0.25) is 0 Å². The SMILES string of the molecule is CC(CN)Nc1cc(C(=O)O)ccc1F. The van der Waals surface area contributed by atoms with Crippen LogP contribution in [0.3, 0.4) is 0 Å². The number of hydrogen-bond donors (Lipinski definition) is 3. The predicted octanol–water partition coefficient (Wildman–Crippen LogP) is 1.28. The van der Waals surface area contributed by atoms with Crippen LogP contribution in [0.5, 0.6) is 0 Å². The van der Waals surface area contributed by atoms with Gasteiger partial charge >= 0.3 is 5.97 Å². The average molecular weight is 212 g/mol. The standard InChI is InChI=1S/C10H13FN2O2/c1-6(5-12)13-9-4-7(10(14)15)2-3-8(9)11/h2-4,6,13H,5,12H2,1H3,(H,14,15). The summed E-state index contributed by atoms with van der Waals surface area (Å²) in [6.45, 7) is 2.13. The maximum absolute atomic E-state index is 13.2. The maximum Gasteiger partial charge on any atom is 0.335 e. The monoisotopic (exact) mass is 212 g/mol. The highest BCUT2D eigenvalue weighted by Crippen LogP contribution is 2.16. The number of nitrogens with one attached hydrogen (secondary N) is 1. The normalized spacial score (nSPS) is 12.2. The molecule has 0 saturated carbocycles. The number of benzene rings is 1. The van der Waals surface area contributed by atoms with E-state index < -0.39 is 11.8 Å². The van der Waals surface area contributed by atoms with E-state index in [1.807, 2.05) is 0 Å². The van der Waals surface area contributed by atoms with Gasteiger partial charge in [0.05, 0.1) is 11.3 Å². The van der Waals surface area contributed by atoms with E-state index in [0.29, 0.717) is 6.54 Å². The molecule has 0 aromatic heterocycles. The van der Waals surface area contributed by atoms with E-state index in [9.17, 15) is 9.18 Å². The molecule has 5 heteroatoms. The second kappa shape index (κ2) is 4.75. The molecule has 0 saturated heterocycles. The largest absolute Gasteiger partial charge is 0.478 e. The summed E-state index contributed by atoms with van der Waals surface area (Å²) in [6, 6.07) is 3.48. The Bertz CT molecular complexity index is 368. The second-order valence-electron chi connectivity index (χ2n) is 3.28. The molecule has 15 heavy (non-hydrogen) atoms. The number of aromatic carboxylic acids is 1. The first-order chi connectivity index (χ1) is 7.04. The lowest BCUT2D eigenvalue weighted by atomic mass is 10.2. The molecule has 0 radical (unpaired) electrons. The zero-order valence-corrected chi connectivity index (χ0v) is 8.33. The Morgan fingerprint density at radius 3 is 2.87 bits per heavy atom. The van der Waals surface area contributed by atoms with Crippen molar-refractivity contribution in [3.63, 3.8) is 0 Å². The van der Waals surface area contributed by atoms with Gasteiger partial charge in [-0.1, -0.05) is 0 Å². The van der Waals surface area contributed by atoms with Crippen LogP contribution >= 0.6 is 0 Å². The Labute approximate surface area is 86.9 Å². The Morgan fingerprint density at radius 2 is 2.33 bits per heavy atom. The summed E-state index contributed by atoms with van der Waals surface area (Å²) in [5.74, 6) is -1.57. The predicted molar refractivity (Wildman–Crippen MR) is 55.5 cm³/mol. The van der Waals surface area contributed by atoms with Crippen molar-refractivity contribution in [2.75, 3.05) is 11.9 Å². The summed E-state index contributed by atoms with van der Waals surface area (Å²) in [5, 5.41) is 11.5. The van der Waals surface area contributed by atoms with Crippen molar-refractivity contribution in [2.24, 2.45) is 5.73 Å². The van der Waals surface area contributed by atoms with E-state index in [1.54, 1.807) is 6.92 Å². The van der Waals surface area contributed by atoms with E-state index in [4.69, 9.17) is 10.8 Å². The molecule has 1 unspecified atom stereocenters. The minimum absolute atomic E-state index is 0.0446. The van der Waals surface area contributed by atoms with Crippen molar-refractivity contribution >= 4 is 11.7 Å². The first kappa shape index (κ1) is 11.5. The van der Waals surface area contributed by atoms with Gasteiger partial charge in [0.25, 0.3) is 0 Å². The number of carboxylic acid groups (broad SMARTS) is 1. The van der Waals surface area contributed by atoms with Crippen LogP contribution in [0.15, 0.2) is 18.2 Å². The smallest absolute Gasteiger partial charge is 0.335 e. The summed E-state index contributed by atoms with van der Waals surface area (Å²) in [6.07, 6.45) is 0. The topological polar surface area (TPSA) is 75.3 Å². The van der Waals surface area contributed by atoms with Gasteiger partial charge in [-0.05, 0) is 25.1 Å². The molecule has 4 N–H and O–H groups in total. The summed E-state index contributed by atoms with van der Waals surface area (Å²) >= 11 is 0. The first-order valence-corrected chi connectivity index (χ1v) is 4.54. The molecule has 0 spiro atoms. The third kappa shape index (κ3) is 2.92. The second-order valence-corrected chi connectivity index (χ2v) is 3.28. The number of carbonyl (C=O) groups is 1. The fourth-order valence-electron chi connectivity index (χ4n) is 1.09. The van der Waals surface area contributed by atoms with Crippen LogP contribution in [0.2, 0.25) is 0 Å². The lowest BCUT2D eigenvalue weighted by Crippen LogP contribution is -2.25. The molecule has 1 aromatic carbocycles. The van der Waals surface area contributed by atoms with Gasteiger partial charge in [0.2, 0.25) is 0 Å². The molecular weight excluding hydrogens is 199 g/mol. The van der Waals surface area contributed by atoms with Gasteiger partial charge in [0.15, 0.2) is 0 Å². The molecule has 1 rings (SSSR count). The number of nitrogens with two attached hydrogens (primary N) is 1. The molecule has 1 aromatic rings. The molecule has 0 bridgehead atoms. The van der Waals surface area contributed by atoms with Gasteiger partial charge in [0, 0.05) is 12.6 Å². The lowest BCUT2D eigenvalue weighted by molar-refractivity contribution is 0.0697. The van der Waals surface area contributed by atoms with Crippen LogP contribution in [0.25, 0.3) is 0 Å². The molecule has 0 aliphatic carbocycles. The van der Waals surface area contributed by atoms with Gasteiger partial charge in [-0.15, -0.1) is 0 Å². The number of hydrogen-bond acceptors (Lipinski definition) is 3. The fourth-order valence-corrected chi connectivity index (χ4v) is 1.09. The molecule has 0 heterocycles. The van der Waals surface area contributed by atoms with Crippen LogP contribution in [0, 0.1) is 5.82 Å². The van der Waals surface area contributed by atoms with Gasteiger partial charge in [-0.2, -0.15) is 0 Å². The van der Waals surface area contributed by atoms with Crippen LogP contribution in [0.1, 0.15) is 17.3 Å². The summed E-state index contributed by atoms with van der Waals surface area (Å²) in [5.41, 5.74) is 5.57. The molecule has 0 aliphatic rings. The quantitative estimate of drug-likeness (QED) is 0.702. The lowest BCUT2D eigenvalue weighted by Gasteiger charge is -2.13. The third-order valence-corrected chi connectivity index (χ3v) is 1.97. The van der Waals surface area contributed by atoms with Crippen LogP contribution in [-0.2, 0) is 0 Å². The van der Waals surface area contributed by atoms with Crippen molar-refractivity contribution in [3.8, 4) is 0 Å². The van der Waals surface area contributed by atoms with Gasteiger partial charge in [0.1, 0.15) is 5.82 Å². The zero-order chi connectivity index (χ0) is 11.4. The van der Waals surface area contributed by atoms with Gasteiger partial charge in [-0.25, -0.2) is 9.18 Å². The zero-order valence-electron chi connectivity index (χ0n) is 8.33. The number of anilines is 1. The third-order valence-electron chi connectivity index (χ3n) is 1.97. The Hall–Kier alpha value is -1.62. The summed E-state index contributed by atoms with van der Waals surface area (Å²) in [4.78, 5) is 10.6. The molecule has 1 atom stereocenters.